The normalized spacial score (nSPS) is 23.2. The lowest BCUT2D eigenvalue weighted by molar-refractivity contribution is -0.131. The van der Waals surface area contributed by atoms with Gasteiger partial charge in [0.1, 0.15) is 5.75 Å². The van der Waals surface area contributed by atoms with Gasteiger partial charge in [-0.25, -0.2) is 0 Å². The van der Waals surface area contributed by atoms with Crippen molar-refractivity contribution in [3.05, 3.63) is 29.8 Å². The second kappa shape index (κ2) is 6.29. The van der Waals surface area contributed by atoms with Crippen molar-refractivity contribution in [3.63, 3.8) is 0 Å². The second-order valence-corrected chi connectivity index (χ2v) is 5.67. The first-order valence-corrected chi connectivity index (χ1v) is 7.09. The Morgan fingerprint density at radius 1 is 1.47 bits per heavy atom. The summed E-state index contributed by atoms with van der Waals surface area (Å²) in [5.74, 6) is 1.38. The van der Waals surface area contributed by atoms with Gasteiger partial charge in [0.2, 0.25) is 5.91 Å². The van der Waals surface area contributed by atoms with Crippen LogP contribution < -0.4 is 4.74 Å². The fourth-order valence-corrected chi connectivity index (χ4v) is 2.66. The van der Waals surface area contributed by atoms with Gasteiger partial charge in [-0.05, 0) is 18.4 Å². The number of hydrogen-bond acceptors (Lipinski definition) is 2. The van der Waals surface area contributed by atoms with Crippen molar-refractivity contribution in [2.45, 2.75) is 25.1 Å². The molecule has 0 spiro atoms. The third-order valence-electron chi connectivity index (χ3n) is 3.75. The molecule has 1 aromatic rings. The van der Waals surface area contributed by atoms with Gasteiger partial charge in [0.05, 0.1) is 18.9 Å². The Balaban J connectivity index is 2.01. The number of para-hydroxylation sites is 1. The Morgan fingerprint density at radius 3 is 2.89 bits per heavy atom. The molecule has 1 saturated heterocycles. The topological polar surface area (TPSA) is 29.5 Å². The van der Waals surface area contributed by atoms with E-state index in [4.69, 9.17) is 16.3 Å². The largest absolute Gasteiger partial charge is 0.496 e. The van der Waals surface area contributed by atoms with Gasteiger partial charge < -0.3 is 9.64 Å². The van der Waals surface area contributed by atoms with Crippen molar-refractivity contribution in [1.82, 2.24) is 4.90 Å². The summed E-state index contributed by atoms with van der Waals surface area (Å²) in [5, 5.41) is 0.0652. The average molecular weight is 282 g/mol. The van der Waals surface area contributed by atoms with Crippen molar-refractivity contribution in [2.75, 3.05) is 20.2 Å². The summed E-state index contributed by atoms with van der Waals surface area (Å²) in [6, 6.07) is 7.64. The number of nitrogens with zero attached hydrogens (tertiary/aromatic N) is 1. The van der Waals surface area contributed by atoms with Crippen LogP contribution in [-0.4, -0.2) is 36.4 Å². The quantitative estimate of drug-likeness (QED) is 0.798. The molecular weight excluding hydrogens is 262 g/mol. The standard InChI is InChI=1S/C15H20ClNO2/c1-11-7-8-17(10-13(11)16)15(18)9-12-5-3-4-6-14(12)19-2/h3-6,11,13H,7-10H2,1-2H3. The van der Waals surface area contributed by atoms with Crippen LogP contribution in [0, 0.1) is 5.92 Å². The van der Waals surface area contributed by atoms with E-state index in [2.05, 4.69) is 6.92 Å². The number of rotatable bonds is 3. The first kappa shape index (κ1) is 14.2. The highest BCUT2D eigenvalue weighted by Gasteiger charge is 2.27. The van der Waals surface area contributed by atoms with Crippen molar-refractivity contribution in [3.8, 4) is 5.75 Å². The van der Waals surface area contributed by atoms with Gasteiger partial charge >= 0.3 is 0 Å². The highest BCUT2D eigenvalue weighted by molar-refractivity contribution is 6.21. The molecular formula is C15H20ClNO2. The Kier molecular flexibility index (Phi) is 4.70. The first-order valence-electron chi connectivity index (χ1n) is 6.65. The third-order valence-corrected chi connectivity index (χ3v) is 4.32. The zero-order valence-electron chi connectivity index (χ0n) is 11.4. The van der Waals surface area contributed by atoms with Gasteiger partial charge in [-0.3, -0.25) is 4.79 Å². The number of carbonyl (C=O) groups excluding carboxylic acids is 1. The van der Waals surface area contributed by atoms with Crippen LogP contribution in [0.2, 0.25) is 0 Å². The summed E-state index contributed by atoms with van der Waals surface area (Å²) in [7, 11) is 1.63. The molecule has 1 heterocycles. The fraction of sp³-hybridized carbons (Fsp3) is 0.533. The monoisotopic (exact) mass is 281 g/mol. The number of hydrogen-bond donors (Lipinski definition) is 0. The van der Waals surface area contributed by atoms with E-state index in [0.717, 1.165) is 24.3 Å². The van der Waals surface area contributed by atoms with Crippen LogP contribution in [0.3, 0.4) is 0 Å². The smallest absolute Gasteiger partial charge is 0.227 e. The lowest BCUT2D eigenvalue weighted by atomic mass is 9.98. The maximum absolute atomic E-state index is 12.3. The number of benzene rings is 1. The van der Waals surface area contributed by atoms with Gasteiger partial charge in [0, 0.05) is 18.7 Å². The second-order valence-electron chi connectivity index (χ2n) is 5.11. The molecule has 3 nitrogen and oxygen atoms in total. The number of carbonyl (C=O) groups is 1. The van der Waals surface area contributed by atoms with Crippen molar-refractivity contribution < 1.29 is 9.53 Å². The molecule has 2 unspecified atom stereocenters. The molecule has 1 aliphatic rings. The number of alkyl halides is 1. The number of amides is 1. The molecule has 2 atom stereocenters. The van der Waals surface area contributed by atoms with Gasteiger partial charge in [0.15, 0.2) is 0 Å². The molecule has 2 rings (SSSR count). The third kappa shape index (κ3) is 3.41. The Bertz CT molecular complexity index is 450. The van der Waals surface area contributed by atoms with Crippen molar-refractivity contribution >= 4 is 17.5 Å². The molecule has 0 saturated carbocycles. The summed E-state index contributed by atoms with van der Waals surface area (Å²) >= 11 is 6.25. The van der Waals surface area contributed by atoms with E-state index in [1.807, 2.05) is 29.2 Å². The van der Waals surface area contributed by atoms with Crippen LogP contribution in [0.15, 0.2) is 24.3 Å². The molecule has 0 bridgehead atoms. The summed E-state index contributed by atoms with van der Waals surface area (Å²) in [4.78, 5) is 14.2. The van der Waals surface area contributed by atoms with Crippen molar-refractivity contribution in [2.24, 2.45) is 5.92 Å². The van der Waals surface area contributed by atoms with Gasteiger partial charge in [-0.1, -0.05) is 25.1 Å². The fourth-order valence-electron chi connectivity index (χ4n) is 2.37. The molecule has 1 amide bonds. The molecule has 0 aliphatic carbocycles. The average Bonchev–Trinajstić information content (AvgIpc) is 2.42. The minimum Gasteiger partial charge on any atom is -0.496 e. The molecule has 19 heavy (non-hydrogen) atoms. The maximum Gasteiger partial charge on any atom is 0.227 e. The highest BCUT2D eigenvalue weighted by atomic mass is 35.5. The lowest BCUT2D eigenvalue weighted by Crippen LogP contribution is -2.44. The predicted molar refractivity (Wildman–Crippen MR) is 76.7 cm³/mol. The van der Waals surface area contributed by atoms with Crippen LogP contribution in [0.5, 0.6) is 5.75 Å². The van der Waals surface area contributed by atoms with E-state index in [9.17, 15) is 4.79 Å². The molecule has 1 fully saturated rings. The molecule has 104 valence electrons. The molecule has 0 aromatic heterocycles. The van der Waals surface area contributed by atoms with Crippen LogP contribution in [-0.2, 0) is 11.2 Å². The molecule has 0 N–H and O–H groups in total. The molecule has 1 aromatic carbocycles. The zero-order valence-corrected chi connectivity index (χ0v) is 12.2. The van der Waals surface area contributed by atoms with Crippen molar-refractivity contribution in [1.29, 1.82) is 0 Å². The van der Waals surface area contributed by atoms with Gasteiger partial charge in [-0.2, -0.15) is 0 Å². The van der Waals surface area contributed by atoms with E-state index in [0.29, 0.717) is 18.9 Å². The molecule has 4 heteroatoms. The maximum atomic E-state index is 12.3. The Labute approximate surface area is 119 Å². The van der Waals surface area contributed by atoms with E-state index < -0.39 is 0 Å². The number of likely N-dealkylation sites (tertiary alicyclic amines) is 1. The number of methoxy groups -OCH3 is 1. The lowest BCUT2D eigenvalue weighted by Gasteiger charge is -2.34. The number of piperidine rings is 1. The van der Waals surface area contributed by atoms with E-state index in [1.54, 1.807) is 7.11 Å². The number of halogens is 1. The van der Waals surface area contributed by atoms with Crippen LogP contribution in [0.1, 0.15) is 18.9 Å². The molecule has 0 radical (unpaired) electrons. The Morgan fingerprint density at radius 2 is 2.21 bits per heavy atom. The number of ether oxygens (including phenoxy) is 1. The SMILES string of the molecule is COc1ccccc1CC(=O)N1CCC(C)C(Cl)C1. The highest BCUT2D eigenvalue weighted by Crippen LogP contribution is 2.24. The summed E-state index contributed by atoms with van der Waals surface area (Å²) in [6.07, 6.45) is 1.35. The minimum atomic E-state index is 0.0652. The summed E-state index contributed by atoms with van der Waals surface area (Å²) < 4.78 is 5.27. The minimum absolute atomic E-state index is 0.0652. The summed E-state index contributed by atoms with van der Waals surface area (Å²) in [6.45, 7) is 3.59. The van der Waals surface area contributed by atoms with Crippen LogP contribution >= 0.6 is 11.6 Å². The summed E-state index contributed by atoms with van der Waals surface area (Å²) in [5.41, 5.74) is 0.930. The van der Waals surface area contributed by atoms with Gasteiger partial charge in [-0.15, -0.1) is 11.6 Å². The Hall–Kier alpha value is -1.22. The van der Waals surface area contributed by atoms with Crippen LogP contribution in [0.4, 0.5) is 0 Å². The van der Waals surface area contributed by atoms with E-state index in [1.165, 1.54) is 0 Å². The molecule has 1 aliphatic heterocycles. The van der Waals surface area contributed by atoms with Crippen LogP contribution in [0.25, 0.3) is 0 Å². The predicted octanol–water partition coefficient (Wildman–Crippen LogP) is 2.71. The first-order chi connectivity index (χ1) is 9.11. The van der Waals surface area contributed by atoms with Gasteiger partial charge in [0.25, 0.3) is 0 Å². The zero-order chi connectivity index (χ0) is 13.8. The van der Waals surface area contributed by atoms with E-state index in [-0.39, 0.29) is 11.3 Å². The van der Waals surface area contributed by atoms with E-state index >= 15 is 0 Å².